The van der Waals surface area contributed by atoms with Crippen molar-refractivity contribution in [3.63, 3.8) is 0 Å². The molecule has 0 fully saturated rings. The van der Waals surface area contributed by atoms with Gasteiger partial charge < -0.3 is 23.9 Å². The monoisotopic (exact) mass is 381 g/mol. The molecule has 0 saturated heterocycles. The Bertz CT molecular complexity index is 1020. The van der Waals surface area contributed by atoms with Gasteiger partial charge in [0.1, 0.15) is 6.73 Å². The molecule has 0 amide bonds. The van der Waals surface area contributed by atoms with E-state index in [0.29, 0.717) is 28.4 Å². The van der Waals surface area contributed by atoms with E-state index >= 15 is 0 Å². The number of Topliss-reactive ketones (excluding diaryl/α,β-unsaturated/α-hetero) is 1. The number of fused-ring (bicyclic) bond motifs is 1. The summed E-state index contributed by atoms with van der Waals surface area (Å²) >= 11 is 0. The van der Waals surface area contributed by atoms with Crippen LogP contribution in [0.15, 0.2) is 48.2 Å². The topological polar surface area (TPSA) is 69.9 Å². The maximum Gasteiger partial charge on any atom is 0.203 e. The summed E-state index contributed by atoms with van der Waals surface area (Å²) in [5, 5.41) is 10.3. The highest BCUT2D eigenvalue weighted by Gasteiger charge is 2.18. The molecule has 28 heavy (non-hydrogen) atoms. The van der Waals surface area contributed by atoms with Gasteiger partial charge in [-0.15, -0.1) is 0 Å². The van der Waals surface area contributed by atoms with Crippen LogP contribution in [0.2, 0.25) is 0 Å². The van der Waals surface area contributed by atoms with Crippen LogP contribution >= 0.6 is 0 Å². The van der Waals surface area contributed by atoms with Crippen LogP contribution in [-0.2, 0) is 6.73 Å². The van der Waals surface area contributed by atoms with Gasteiger partial charge in [-0.05, 0) is 54.5 Å². The van der Waals surface area contributed by atoms with Crippen LogP contribution in [0.5, 0.6) is 17.2 Å². The number of benzene rings is 2. The molecule has 0 spiro atoms. The minimum Gasteiger partial charge on any atom is -0.493 e. The molecule has 3 aromatic rings. The van der Waals surface area contributed by atoms with Crippen molar-refractivity contribution in [2.75, 3.05) is 21.3 Å². The van der Waals surface area contributed by atoms with Gasteiger partial charge in [-0.25, -0.2) is 0 Å². The molecule has 0 saturated carbocycles. The highest BCUT2D eigenvalue weighted by Crippen LogP contribution is 2.38. The Balaban J connectivity index is 1.96. The first-order valence-electron chi connectivity index (χ1n) is 8.75. The van der Waals surface area contributed by atoms with E-state index in [4.69, 9.17) is 14.2 Å². The number of carbonyl (C=O) groups excluding carboxylic acids is 1. The van der Waals surface area contributed by atoms with Gasteiger partial charge in [-0.3, -0.25) is 4.79 Å². The van der Waals surface area contributed by atoms with Crippen LogP contribution in [0.1, 0.15) is 22.8 Å². The fourth-order valence-corrected chi connectivity index (χ4v) is 3.19. The lowest BCUT2D eigenvalue weighted by atomic mass is 10.0. The van der Waals surface area contributed by atoms with Gasteiger partial charge in [0.05, 0.1) is 21.3 Å². The SMILES string of the molecule is COc1cc(C(=O)/C(C)=C/c2ccc3c(ccn3CO)c2)cc(OC)c1OC. The van der Waals surface area contributed by atoms with Crippen LogP contribution in [0.3, 0.4) is 0 Å². The number of aliphatic hydroxyl groups is 1. The molecule has 0 bridgehead atoms. The number of aromatic nitrogens is 1. The number of rotatable bonds is 7. The van der Waals surface area contributed by atoms with E-state index in [0.717, 1.165) is 16.5 Å². The average molecular weight is 381 g/mol. The van der Waals surface area contributed by atoms with E-state index < -0.39 is 0 Å². The standard InChI is InChI=1S/C22H23NO5/c1-14(9-15-5-6-18-16(10-15)7-8-23(18)13-24)21(25)17-11-19(26-2)22(28-4)20(12-17)27-3/h5-12,24H,13H2,1-4H3/b14-9+. The third-order valence-electron chi connectivity index (χ3n) is 4.62. The summed E-state index contributed by atoms with van der Waals surface area (Å²) in [5.74, 6) is 1.18. The molecule has 146 valence electrons. The number of ketones is 1. The van der Waals surface area contributed by atoms with Gasteiger partial charge in [0.2, 0.25) is 5.75 Å². The molecule has 6 heteroatoms. The molecule has 3 rings (SSSR count). The number of nitrogens with zero attached hydrogens (tertiary/aromatic N) is 1. The molecule has 0 aliphatic heterocycles. The number of carbonyl (C=O) groups is 1. The maximum atomic E-state index is 12.9. The molecule has 0 atom stereocenters. The molecular weight excluding hydrogens is 358 g/mol. The van der Waals surface area contributed by atoms with Crippen molar-refractivity contribution in [2.24, 2.45) is 0 Å². The van der Waals surface area contributed by atoms with Gasteiger partial charge >= 0.3 is 0 Å². The van der Waals surface area contributed by atoms with Crippen LogP contribution < -0.4 is 14.2 Å². The van der Waals surface area contributed by atoms with Crippen LogP contribution in [0.4, 0.5) is 0 Å². The first-order chi connectivity index (χ1) is 13.5. The molecule has 0 aliphatic carbocycles. The van der Waals surface area contributed by atoms with E-state index in [1.807, 2.05) is 36.5 Å². The zero-order valence-corrected chi connectivity index (χ0v) is 16.4. The molecular formula is C22H23NO5. The smallest absolute Gasteiger partial charge is 0.203 e. The summed E-state index contributed by atoms with van der Waals surface area (Å²) in [6.07, 6.45) is 3.66. The molecule has 0 aliphatic rings. The third-order valence-corrected chi connectivity index (χ3v) is 4.62. The van der Waals surface area contributed by atoms with Gasteiger partial charge in [0.15, 0.2) is 17.3 Å². The number of ether oxygens (including phenoxy) is 3. The van der Waals surface area contributed by atoms with Gasteiger partial charge in [-0.1, -0.05) is 6.07 Å². The second-order valence-electron chi connectivity index (χ2n) is 6.32. The van der Waals surface area contributed by atoms with Gasteiger partial charge in [0.25, 0.3) is 0 Å². The minimum atomic E-state index is -0.132. The fraction of sp³-hybridized carbons (Fsp3) is 0.227. The first-order valence-corrected chi connectivity index (χ1v) is 8.75. The predicted molar refractivity (Wildman–Crippen MR) is 108 cm³/mol. The molecule has 1 N–H and O–H groups in total. The lowest BCUT2D eigenvalue weighted by Gasteiger charge is -2.13. The minimum absolute atomic E-state index is 0.0721. The van der Waals surface area contributed by atoms with Crippen molar-refractivity contribution in [1.29, 1.82) is 0 Å². The largest absolute Gasteiger partial charge is 0.493 e. The average Bonchev–Trinajstić information content (AvgIpc) is 3.14. The maximum absolute atomic E-state index is 12.9. The number of allylic oxidation sites excluding steroid dienone is 1. The zero-order chi connectivity index (χ0) is 20.3. The molecule has 0 unspecified atom stereocenters. The predicted octanol–water partition coefficient (Wildman–Crippen LogP) is 3.90. The quantitative estimate of drug-likeness (QED) is 0.496. The van der Waals surface area contributed by atoms with E-state index in [-0.39, 0.29) is 12.5 Å². The van der Waals surface area contributed by atoms with Gasteiger partial charge in [-0.2, -0.15) is 0 Å². The van der Waals surface area contributed by atoms with Crippen molar-refractivity contribution in [1.82, 2.24) is 4.57 Å². The Morgan fingerprint density at radius 3 is 2.29 bits per heavy atom. The van der Waals surface area contributed by atoms with Crippen molar-refractivity contribution in [3.05, 3.63) is 59.3 Å². The molecule has 2 aromatic carbocycles. The summed E-state index contributed by atoms with van der Waals surface area (Å²) in [7, 11) is 4.55. The second-order valence-corrected chi connectivity index (χ2v) is 6.32. The highest BCUT2D eigenvalue weighted by molar-refractivity contribution is 6.11. The normalized spacial score (nSPS) is 11.5. The van der Waals surface area contributed by atoms with E-state index in [9.17, 15) is 9.90 Å². The number of methoxy groups -OCH3 is 3. The van der Waals surface area contributed by atoms with Crippen LogP contribution in [0.25, 0.3) is 17.0 Å². The van der Waals surface area contributed by atoms with Crippen molar-refractivity contribution < 1.29 is 24.1 Å². The fourth-order valence-electron chi connectivity index (χ4n) is 3.19. The van der Waals surface area contributed by atoms with Crippen molar-refractivity contribution in [2.45, 2.75) is 13.7 Å². The van der Waals surface area contributed by atoms with Crippen molar-refractivity contribution >= 4 is 22.8 Å². The molecule has 6 nitrogen and oxygen atoms in total. The Labute approximate surface area is 163 Å². The Hall–Kier alpha value is -3.25. The van der Waals surface area contributed by atoms with E-state index in [2.05, 4.69) is 0 Å². The summed E-state index contributed by atoms with van der Waals surface area (Å²) in [5.41, 5.74) is 2.88. The summed E-state index contributed by atoms with van der Waals surface area (Å²) in [4.78, 5) is 12.9. The Morgan fingerprint density at radius 1 is 1.04 bits per heavy atom. The van der Waals surface area contributed by atoms with Crippen molar-refractivity contribution in [3.8, 4) is 17.2 Å². The number of hydrogen-bond donors (Lipinski definition) is 1. The van der Waals surface area contributed by atoms with E-state index in [1.54, 1.807) is 23.6 Å². The summed E-state index contributed by atoms with van der Waals surface area (Å²) in [6.45, 7) is 1.70. The molecule has 1 heterocycles. The van der Waals surface area contributed by atoms with Crippen LogP contribution in [0, 0.1) is 0 Å². The Morgan fingerprint density at radius 2 is 1.71 bits per heavy atom. The number of aliphatic hydroxyl groups excluding tert-OH is 1. The molecule has 1 aromatic heterocycles. The third kappa shape index (κ3) is 3.59. The lowest BCUT2D eigenvalue weighted by Crippen LogP contribution is -2.04. The Kier molecular flexibility index (Phi) is 5.70. The first kappa shape index (κ1) is 19.5. The number of hydrogen-bond acceptors (Lipinski definition) is 5. The highest BCUT2D eigenvalue weighted by atomic mass is 16.5. The zero-order valence-electron chi connectivity index (χ0n) is 16.4. The lowest BCUT2D eigenvalue weighted by molar-refractivity contribution is 0.103. The second kappa shape index (κ2) is 8.19. The van der Waals surface area contributed by atoms with E-state index in [1.165, 1.54) is 21.3 Å². The molecule has 0 radical (unpaired) electrons. The summed E-state index contributed by atoms with van der Waals surface area (Å²) < 4.78 is 17.7. The van der Waals surface area contributed by atoms with Crippen LogP contribution in [-0.4, -0.2) is 36.8 Å². The summed E-state index contributed by atoms with van der Waals surface area (Å²) in [6, 6.07) is 11.0. The van der Waals surface area contributed by atoms with Gasteiger partial charge in [0, 0.05) is 22.7 Å².